The van der Waals surface area contributed by atoms with Crippen molar-refractivity contribution >= 4 is 16.7 Å². The molecule has 0 spiro atoms. The second kappa shape index (κ2) is 4.67. The molecule has 4 nitrogen and oxygen atoms in total. The number of rotatable bonds is 6. The molecule has 0 aromatic carbocycles. The van der Waals surface area contributed by atoms with Gasteiger partial charge in [-0.1, -0.05) is 13.8 Å². The molecule has 0 radical (unpaired) electrons. The Bertz CT molecular complexity index is 333. The molecule has 1 aliphatic carbocycles. The van der Waals surface area contributed by atoms with Crippen LogP contribution in [-0.2, 0) is 0 Å². The van der Waals surface area contributed by atoms with Crippen molar-refractivity contribution in [3.63, 3.8) is 0 Å². The normalized spacial score (nSPS) is 16.4. The molecule has 0 saturated heterocycles. The molecular formula is C11H20N4S. The van der Waals surface area contributed by atoms with Crippen molar-refractivity contribution in [1.29, 1.82) is 0 Å². The molecule has 1 aromatic rings. The van der Waals surface area contributed by atoms with Crippen molar-refractivity contribution in [2.75, 3.05) is 11.9 Å². The van der Waals surface area contributed by atoms with Crippen LogP contribution in [0, 0.1) is 0 Å². The van der Waals surface area contributed by atoms with Crippen LogP contribution in [0.5, 0.6) is 0 Å². The molecule has 1 aliphatic rings. The molecule has 0 amide bonds. The summed E-state index contributed by atoms with van der Waals surface area (Å²) in [5, 5.41) is 4.39. The predicted molar refractivity (Wildman–Crippen MR) is 67.9 cm³/mol. The lowest BCUT2D eigenvalue weighted by atomic mass is 9.93. The van der Waals surface area contributed by atoms with Crippen molar-refractivity contribution in [2.24, 2.45) is 5.73 Å². The molecule has 1 aromatic heterocycles. The standard InChI is InChI=1S/C11H20N4S/c1-3-11(4-2,7-12)14-10-13-9(15-16-10)8-5-6-8/h8H,3-7,12H2,1-2H3,(H,13,14,15). The van der Waals surface area contributed by atoms with E-state index in [1.807, 2.05) is 0 Å². The van der Waals surface area contributed by atoms with E-state index in [4.69, 9.17) is 5.73 Å². The minimum Gasteiger partial charge on any atom is -0.354 e. The Labute approximate surface area is 101 Å². The zero-order chi connectivity index (χ0) is 11.6. The predicted octanol–water partition coefficient (Wildman–Crippen LogP) is 2.34. The second-order valence-electron chi connectivity index (χ2n) is 4.55. The van der Waals surface area contributed by atoms with E-state index in [2.05, 4.69) is 28.5 Å². The molecular weight excluding hydrogens is 220 g/mol. The highest BCUT2D eigenvalue weighted by Gasteiger charge is 2.30. The summed E-state index contributed by atoms with van der Waals surface area (Å²) in [5.74, 6) is 1.65. The van der Waals surface area contributed by atoms with Crippen LogP contribution in [0.1, 0.15) is 51.3 Å². The number of hydrogen-bond donors (Lipinski definition) is 2. The second-order valence-corrected chi connectivity index (χ2v) is 5.30. The third-order valence-corrected chi connectivity index (χ3v) is 4.15. The molecule has 16 heavy (non-hydrogen) atoms. The van der Waals surface area contributed by atoms with Crippen LogP contribution in [0.3, 0.4) is 0 Å². The maximum atomic E-state index is 5.85. The van der Waals surface area contributed by atoms with Crippen LogP contribution in [0.2, 0.25) is 0 Å². The lowest BCUT2D eigenvalue weighted by Crippen LogP contribution is -2.44. The number of anilines is 1. The average Bonchev–Trinajstić information content (AvgIpc) is 3.08. The smallest absolute Gasteiger partial charge is 0.203 e. The third-order valence-electron chi connectivity index (χ3n) is 3.50. The fourth-order valence-corrected chi connectivity index (χ4v) is 2.55. The Balaban J connectivity index is 2.05. The first-order valence-corrected chi connectivity index (χ1v) is 6.82. The van der Waals surface area contributed by atoms with E-state index in [-0.39, 0.29) is 5.54 Å². The average molecular weight is 240 g/mol. The molecule has 1 saturated carbocycles. The zero-order valence-corrected chi connectivity index (χ0v) is 10.8. The molecule has 90 valence electrons. The van der Waals surface area contributed by atoms with Crippen molar-refractivity contribution in [1.82, 2.24) is 9.36 Å². The molecule has 2 rings (SSSR count). The first kappa shape index (κ1) is 11.8. The lowest BCUT2D eigenvalue weighted by molar-refractivity contribution is 0.445. The van der Waals surface area contributed by atoms with Gasteiger partial charge < -0.3 is 11.1 Å². The van der Waals surface area contributed by atoms with Gasteiger partial charge in [-0.05, 0) is 25.7 Å². The van der Waals surface area contributed by atoms with Crippen LogP contribution >= 0.6 is 11.5 Å². The Kier molecular flexibility index (Phi) is 3.44. The highest BCUT2D eigenvalue weighted by Crippen LogP contribution is 2.39. The van der Waals surface area contributed by atoms with E-state index in [1.54, 1.807) is 0 Å². The zero-order valence-electron chi connectivity index (χ0n) is 9.99. The summed E-state index contributed by atoms with van der Waals surface area (Å²) in [6.07, 6.45) is 4.52. The van der Waals surface area contributed by atoms with Crippen LogP contribution in [-0.4, -0.2) is 21.4 Å². The van der Waals surface area contributed by atoms with Gasteiger partial charge in [0.2, 0.25) is 5.13 Å². The van der Waals surface area contributed by atoms with Gasteiger partial charge in [0.15, 0.2) is 0 Å². The van der Waals surface area contributed by atoms with E-state index >= 15 is 0 Å². The number of aromatic nitrogens is 2. The van der Waals surface area contributed by atoms with Gasteiger partial charge in [0.25, 0.3) is 0 Å². The van der Waals surface area contributed by atoms with Crippen molar-refractivity contribution in [3.8, 4) is 0 Å². The quantitative estimate of drug-likeness (QED) is 0.801. The summed E-state index contributed by atoms with van der Waals surface area (Å²) < 4.78 is 4.39. The number of nitrogens with zero attached hydrogens (tertiary/aromatic N) is 2. The van der Waals surface area contributed by atoms with Crippen LogP contribution in [0.15, 0.2) is 0 Å². The largest absolute Gasteiger partial charge is 0.354 e. The van der Waals surface area contributed by atoms with E-state index in [0.717, 1.165) is 23.8 Å². The van der Waals surface area contributed by atoms with Crippen molar-refractivity contribution in [2.45, 2.75) is 51.0 Å². The van der Waals surface area contributed by atoms with E-state index < -0.39 is 0 Å². The molecule has 0 unspecified atom stereocenters. The number of nitrogens with one attached hydrogen (secondary N) is 1. The summed E-state index contributed by atoms with van der Waals surface area (Å²) in [7, 11) is 0. The van der Waals surface area contributed by atoms with Crippen LogP contribution in [0.4, 0.5) is 5.13 Å². The van der Waals surface area contributed by atoms with Gasteiger partial charge in [-0.2, -0.15) is 4.37 Å². The first-order chi connectivity index (χ1) is 7.73. The molecule has 0 atom stereocenters. The van der Waals surface area contributed by atoms with Gasteiger partial charge in [-0.3, -0.25) is 0 Å². The fraction of sp³-hybridized carbons (Fsp3) is 0.818. The van der Waals surface area contributed by atoms with Gasteiger partial charge >= 0.3 is 0 Å². The number of hydrogen-bond acceptors (Lipinski definition) is 5. The summed E-state index contributed by atoms with van der Waals surface area (Å²) in [4.78, 5) is 4.54. The molecule has 5 heteroatoms. The van der Waals surface area contributed by atoms with Gasteiger partial charge in [0.1, 0.15) is 5.82 Å². The summed E-state index contributed by atoms with van der Waals surface area (Å²) in [6.45, 7) is 4.96. The fourth-order valence-electron chi connectivity index (χ4n) is 1.79. The SMILES string of the molecule is CCC(CC)(CN)Nc1nc(C2CC2)ns1. The van der Waals surface area contributed by atoms with Crippen molar-refractivity contribution < 1.29 is 0 Å². The summed E-state index contributed by atoms with van der Waals surface area (Å²) in [6, 6.07) is 0. The Morgan fingerprint density at radius 1 is 1.44 bits per heavy atom. The molecule has 3 N–H and O–H groups in total. The first-order valence-electron chi connectivity index (χ1n) is 6.05. The summed E-state index contributed by atoms with van der Waals surface area (Å²) >= 11 is 1.46. The monoisotopic (exact) mass is 240 g/mol. The Hall–Kier alpha value is -0.680. The van der Waals surface area contributed by atoms with Crippen LogP contribution in [0.25, 0.3) is 0 Å². The van der Waals surface area contributed by atoms with E-state index in [0.29, 0.717) is 12.5 Å². The van der Waals surface area contributed by atoms with E-state index in [1.165, 1.54) is 24.4 Å². The Morgan fingerprint density at radius 3 is 2.62 bits per heavy atom. The molecule has 0 bridgehead atoms. The van der Waals surface area contributed by atoms with Gasteiger partial charge in [0, 0.05) is 24.0 Å². The van der Waals surface area contributed by atoms with Gasteiger partial charge in [0.05, 0.1) is 5.54 Å². The maximum Gasteiger partial charge on any atom is 0.203 e. The molecule has 1 heterocycles. The topological polar surface area (TPSA) is 63.8 Å². The van der Waals surface area contributed by atoms with Gasteiger partial charge in [-0.25, -0.2) is 4.98 Å². The van der Waals surface area contributed by atoms with Crippen molar-refractivity contribution in [3.05, 3.63) is 5.82 Å². The highest BCUT2D eigenvalue weighted by molar-refractivity contribution is 7.09. The van der Waals surface area contributed by atoms with E-state index in [9.17, 15) is 0 Å². The minimum absolute atomic E-state index is 0.0135. The third kappa shape index (κ3) is 2.35. The summed E-state index contributed by atoms with van der Waals surface area (Å²) in [5.41, 5.74) is 5.84. The molecule has 0 aliphatic heterocycles. The van der Waals surface area contributed by atoms with Gasteiger partial charge in [-0.15, -0.1) is 0 Å². The lowest BCUT2D eigenvalue weighted by Gasteiger charge is -2.30. The highest BCUT2D eigenvalue weighted by atomic mass is 32.1. The molecule has 1 fully saturated rings. The Morgan fingerprint density at radius 2 is 2.12 bits per heavy atom. The maximum absolute atomic E-state index is 5.85. The van der Waals surface area contributed by atoms with Crippen LogP contribution < -0.4 is 11.1 Å². The minimum atomic E-state index is -0.0135. The number of nitrogens with two attached hydrogens (primary N) is 1.